The number of H-pyrrole nitrogens is 1. The van der Waals surface area contributed by atoms with Crippen LogP contribution in [0.5, 0.6) is 0 Å². The molecule has 1 aliphatic rings. The van der Waals surface area contributed by atoms with Crippen LogP contribution in [-0.2, 0) is 17.8 Å². The molecule has 6 rings (SSSR count). The van der Waals surface area contributed by atoms with E-state index >= 15 is 0 Å². The number of amides is 2. The van der Waals surface area contributed by atoms with Gasteiger partial charge >= 0.3 is 0 Å². The molecule has 220 valence electrons. The van der Waals surface area contributed by atoms with Crippen LogP contribution < -0.4 is 16.8 Å². The summed E-state index contributed by atoms with van der Waals surface area (Å²) >= 11 is 0. The number of aromatic amines is 1. The number of ether oxygens (including phenoxy) is 1. The summed E-state index contributed by atoms with van der Waals surface area (Å²) in [7, 11) is 0. The van der Waals surface area contributed by atoms with E-state index in [-0.39, 0.29) is 25.2 Å². The van der Waals surface area contributed by atoms with E-state index in [2.05, 4.69) is 27.3 Å². The normalized spacial score (nSPS) is 15.7. The number of nitrogens with one attached hydrogen (secondary N) is 2. The fourth-order valence-electron chi connectivity index (χ4n) is 5.85. The van der Waals surface area contributed by atoms with Gasteiger partial charge in [-0.15, -0.1) is 0 Å². The minimum Gasteiger partial charge on any atom is -0.394 e. The molecule has 1 unspecified atom stereocenters. The summed E-state index contributed by atoms with van der Waals surface area (Å²) < 4.78 is 19.0. The first-order chi connectivity index (χ1) is 20.9. The number of halogens is 1. The van der Waals surface area contributed by atoms with Gasteiger partial charge in [-0.25, -0.2) is 4.39 Å². The SMILES string of the molecule is NCc1c(NC(=O)c2ccc(F)cc2)cccc1-c1ccc(C(N)=O)c2[nH]c3cc(CN4CCOC(CO)C4)ccc3c12. The zero-order valence-electron chi connectivity index (χ0n) is 23.4. The number of fused-ring (bicyclic) bond motifs is 3. The minimum absolute atomic E-state index is 0.0157. The van der Waals surface area contributed by atoms with Gasteiger partial charge in [0.2, 0.25) is 0 Å². The maximum absolute atomic E-state index is 13.4. The number of aliphatic hydroxyl groups is 1. The number of carbonyl (C=O) groups is 2. The Bertz CT molecular complexity index is 1840. The van der Waals surface area contributed by atoms with Crippen LogP contribution in [0.25, 0.3) is 32.9 Å². The predicted octanol–water partition coefficient (Wildman–Crippen LogP) is 4.13. The Hall–Kier alpha value is -4.61. The molecule has 4 aromatic carbocycles. The molecule has 7 N–H and O–H groups in total. The van der Waals surface area contributed by atoms with Crippen LogP contribution in [0.3, 0.4) is 0 Å². The van der Waals surface area contributed by atoms with E-state index in [1.807, 2.05) is 24.3 Å². The average Bonchev–Trinajstić information content (AvgIpc) is 3.39. The van der Waals surface area contributed by atoms with E-state index in [0.717, 1.165) is 39.5 Å². The Kier molecular flexibility index (Phi) is 7.92. The summed E-state index contributed by atoms with van der Waals surface area (Å²) in [6.45, 7) is 2.79. The number of nitrogens with two attached hydrogens (primary N) is 2. The highest BCUT2D eigenvalue weighted by molar-refractivity contribution is 6.20. The standard InChI is InChI=1S/C33H32FN5O4/c34-21-7-5-20(6-8-21)33(42)38-28-3-1-2-23(27(28)15-35)24-10-11-26(32(36)41)31-30(24)25-9-4-19(14-29(25)37-31)16-39-12-13-43-22(17-39)18-40/h1-11,14,22,37,40H,12-13,15-18,35H2,(H2,36,41)(H,38,42). The molecule has 0 aliphatic carbocycles. The van der Waals surface area contributed by atoms with Crippen molar-refractivity contribution in [3.63, 3.8) is 0 Å². The third-order valence-electron chi connectivity index (χ3n) is 7.94. The molecular weight excluding hydrogens is 549 g/mol. The first-order valence-electron chi connectivity index (χ1n) is 14.1. The molecular formula is C33H32FN5O4. The van der Waals surface area contributed by atoms with Crippen LogP contribution in [0.15, 0.2) is 72.8 Å². The second-order valence-electron chi connectivity index (χ2n) is 10.7. The van der Waals surface area contributed by atoms with Gasteiger partial charge in [0.1, 0.15) is 5.82 Å². The van der Waals surface area contributed by atoms with Crippen molar-refractivity contribution >= 4 is 39.3 Å². The zero-order chi connectivity index (χ0) is 30.1. The van der Waals surface area contributed by atoms with Crippen molar-refractivity contribution in [2.24, 2.45) is 11.5 Å². The second kappa shape index (κ2) is 11.9. The molecule has 10 heteroatoms. The fourth-order valence-corrected chi connectivity index (χ4v) is 5.85. The number of aliphatic hydroxyl groups excluding tert-OH is 1. The largest absolute Gasteiger partial charge is 0.394 e. The number of benzene rings is 4. The lowest BCUT2D eigenvalue weighted by Gasteiger charge is -2.32. The van der Waals surface area contributed by atoms with Crippen LogP contribution in [0.4, 0.5) is 10.1 Å². The Morgan fingerprint density at radius 2 is 1.88 bits per heavy atom. The Morgan fingerprint density at radius 1 is 1.07 bits per heavy atom. The van der Waals surface area contributed by atoms with E-state index in [1.54, 1.807) is 12.1 Å². The molecule has 0 bridgehead atoms. The highest BCUT2D eigenvalue weighted by Crippen LogP contribution is 2.39. The fraction of sp³-hybridized carbons (Fsp3) is 0.212. The molecule has 1 aromatic heterocycles. The molecule has 1 fully saturated rings. The van der Waals surface area contributed by atoms with E-state index in [0.29, 0.717) is 47.6 Å². The lowest BCUT2D eigenvalue weighted by atomic mass is 9.92. The molecule has 1 atom stereocenters. The molecule has 1 aliphatic heterocycles. The van der Waals surface area contributed by atoms with Crippen molar-refractivity contribution in [1.82, 2.24) is 9.88 Å². The summed E-state index contributed by atoms with van der Waals surface area (Å²) in [5.41, 5.74) is 18.1. The first kappa shape index (κ1) is 28.5. The third-order valence-corrected chi connectivity index (χ3v) is 7.94. The van der Waals surface area contributed by atoms with Gasteiger partial charge in [0, 0.05) is 53.7 Å². The molecule has 5 aromatic rings. The minimum atomic E-state index is -0.550. The van der Waals surface area contributed by atoms with Crippen molar-refractivity contribution < 1.29 is 23.8 Å². The van der Waals surface area contributed by atoms with Gasteiger partial charge in [0.25, 0.3) is 11.8 Å². The molecule has 1 saturated heterocycles. The number of aromatic nitrogens is 1. The van der Waals surface area contributed by atoms with Crippen molar-refractivity contribution in [2.75, 3.05) is 31.6 Å². The number of hydrogen-bond acceptors (Lipinski definition) is 6. The summed E-state index contributed by atoms with van der Waals surface area (Å²) in [6.07, 6.45) is -0.195. The molecule has 2 amide bonds. The number of nitrogens with zero attached hydrogens (tertiary/aromatic N) is 1. The van der Waals surface area contributed by atoms with Crippen molar-refractivity contribution in [2.45, 2.75) is 19.2 Å². The number of primary amides is 1. The van der Waals surface area contributed by atoms with Crippen LogP contribution in [0.1, 0.15) is 31.8 Å². The van der Waals surface area contributed by atoms with Crippen LogP contribution in [0.2, 0.25) is 0 Å². The molecule has 0 spiro atoms. The van der Waals surface area contributed by atoms with Crippen molar-refractivity contribution in [3.05, 3.63) is 101 Å². The third kappa shape index (κ3) is 5.61. The quantitative estimate of drug-likeness (QED) is 0.186. The van der Waals surface area contributed by atoms with Crippen LogP contribution in [0, 0.1) is 5.82 Å². The van der Waals surface area contributed by atoms with Crippen LogP contribution in [-0.4, -0.2) is 59.2 Å². The van der Waals surface area contributed by atoms with Gasteiger partial charge in [-0.05, 0) is 64.7 Å². The Balaban J connectivity index is 1.42. The summed E-state index contributed by atoms with van der Waals surface area (Å²) in [5.74, 6) is -1.36. The van der Waals surface area contributed by atoms with Crippen molar-refractivity contribution in [1.29, 1.82) is 0 Å². The van der Waals surface area contributed by atoms with E-state index in [9.17, 15) is 19.1 Å². The summed E-state index contributed by atoms with van der Waals surface area (Å²) in [4.78, 5) is 31.1. The van der Waals surface area contributed by atoms with Crippen molar-refractivity contribution in [3.8, 4) is 11.1 Å². The molecule has 9 nitrogen and oxygen atoms in total. The first-order valence-corrected chi connectivity index (χ1v) is 14.1. The number of carbonyl (C=O) groups excluding carboxylic acids is 2. The number of morpholine rings is 1. The molecule has 0 radical (unpaired) electrons. The molecule has 0 saturated carbocycles. The van der Waals surface area contributed by atoms with Gasteiger partial charge in [-0.1, -0.05) is 30.3 Å². The zero-order valence-corrected chi connectivity index (χ0v) is 23.4. The lowest BCUT2D eigenvalue weighted by Crippen LogP contribution is -2.43. The highest BCUT2D eigenvalue weighted by atomic mass is 19.1. The number of anilines is 1. The number of rotatable bonds is 8. The summed E-state index contributed by atoms with van der Waals surface area (Å²) in [5, 5.41) is 14.2. The monoisotopic (exact) mass is 581 g/mol. The smallest absolute Gasteiger partial charge is 0.255 e. The average molecular weight is 582 g/mol. The van der Waals surface area contributed by atoms with Gasteiger partial charge in [-0.2, -0.15) is 0 Å². The predicted molar refractivity (Wildman–Crippen MR) is 164 cm³/mol. The second-order valence-corrected chi connectivity index (χ2v) is 10.7. The van der Waals surface area contributed by atoms with E-state index in [4.69, 9.17) is 16.2 Å². The summed E-state index contributed by atoms with van der Waals surface area (Å²) in [6, 6.07) is 20.6. The molecule has 2 heterocycles. The topological polar surface area (TPSA) is 147 Å². The maximum atomic E-state index is 13.4. The Labute approximate surface area is 247 Å². The van der Waals surface area contributed by atoms with Gasteiger partial charge in [0.05, 0.1) is 30.4 Å². The Morgan fingerprint density at radius 3 is 2.63 bits per heavy atom. The molecule has 43 heavy (non-hydrogen) atoms. The van der Waals surface area contributed by atoms with E-state index in [1.165, 1.54) is 24.3 Å². The number of hydrogen-bond donors (Lipinski definition) is 5. The lowest BCUT2D eigenvalue weighted by molar-refractivity contribution is -0.0550. The maximum Gasteiger partial charge on any atom is 0.255 e. The van der Waals surface area contributed by atoms with Crippen LogP contribution >= 0.6 is 0 Å². The van der Waals surface area contributed by atoms with Gasteiger partial charge in [0.15, 0.2) is 0 Å². The highest BCUT2D eigenvalue weighted by Gasteiger charge is 2.22. The van der Waals surface area contributed by atoms with Gasteiger partial charge < -0.3 is 31.6 Å². The van der Waals surface area contributed by atoms with E-state index < -0.39 is 11.7 Å². The van der Waals surface area contributed by atoms with Gasteiger partial charge in [-0.3, -0.25) is 14.5 Å².